The first kappa shape index (κ1) is 19.1. The third-order valence-electron chi connectivity index (χ3n) is 5.61. The van der Waals surface area contributed by atoms with E-state index in [1.807, 2.05) is 85.8 Å². The van der Waals surface area contributed by atoms with Crippen LogP contribution in [0.1, 0.15) is 56.7 Å². The summed E-state index contributed by atoms with van der Waals surface area (Å²) in [6.45, 7) is 2.01. The predicted octanol–water partition coefficient (Wildman–Crippen LogP) is 6.24. The summed E-state index contributed by atoms with van der Waals surface area (Å²) in [4.78, 5) is 26.5. The molecule has 0 saturated heterocycles. The van der Waals surface area contributed by atoms with E-state index in [0.717, 1.165) is 46.2 Å². The average Bonchev–Trinajstić information content (AvgIpc) is 2.92. The van der Waals surface area contributed by atoms with Crippen LogP contribution in [0.4, 0.5) is 0 Å². The van der Waals surface area contributed by atoms with Crippen molar-refractivity contribution < 1.29 is 9.59 Å². The molecule has 29 heavy (non-hydrogen) atoms. The molecule has 0 aliphatic heterocycles. The number of rotatable bonds is 4. The van der Waals surface area contributed by atoms with Crippen molar-refractivity contribution in [1.29, 1.82) is 0 Å². The SMILES string of the molecule is Cc1ccc(C(=O)C/C(=C2/CCCc3ccccc3C2=O)c2ccccc2)cc1. The van der Waals surface area contributed by atoms with Crippen molar-refractivity contribution in [3.63, 3.8) is 0 Å². The summed E-state index contributed by atoms with van der Waals surface area (Å²) >= 11 is 0. The van der Waals surface area contributed by atoms with Crippen LogP contribution in [0, 0.1) is 6.92 Å². The Morgan fingerprint density at radius 2 is 1.48 bits per heavy atom. The Labute approximate surface area is 171 Å². The van der Waals surface area contributed by atoms with Gasteiger partial charge in [0.1, 0.15) is 0 Å². The highest BCUT2D eigenvalue weighted by atomic mass is 16.1. The molecule has 2 nitrogen and oxygen atoms in total. The van der Waals surface area contributed by atoms with E-state index in [1.165, 1.54) is 0 Å². The maximum atomic E-state index is 13.4. The zero-order valence-electron chi connectivity index (χ0n) is 16.7. The Bertz CT molecular complexity index is 1070. The summed E-state index contributed by atoms with van der Waals surface area (Å²) in [6.07, 6.45) is 2.72. The van der Waals surface area contributed by atoms with Gasteiger partial charge >= 0.3 is 0 Å². The highest BCUT2D eigenvalue weighted by Gasteiger charge is 2.24. The van der Waals surface area contributed by atoms with Gasteiger partial charge in [-0.25, -0.2) is 0 Å². The third-order valence-corrected chi connectivity index (χ3v) is 5.61. The van der Waals surface area contributed by atoms with Gasteiger partial charge in [-0.15, -0.1) is 0 Å². The monoisotopic (exact) mass is 380 g/mol. The third kappa shape index (κ3) is 4.12. The fourth-order valence-corrected chi connectivity index (χ4v) is 4.00. The molecule has 144 valence electrons. The molecule has 2 heteroatoms. The van der Waals surface area contributed by atoms with E-state index in [1.54, 1.807) is 0 Å². The fraction of sp³-hybridized carbons (Fsp3) is 0.185. The first-order chi connectivity index (χ1) is 14.1. The van der Waals surface area contributed by atoms with Crippen LogP contribution in [-0.2, 0) is 6.42 Å². The number of benzene rings is 3. The van der Waals surface area contributed by atoms with Crippen molar-refractivity contribution >= 4 is 17.1 Å². The molecule has 3 aromatic carbocycles. The van der Waals surface area contributed by atoms with Gasteiger partial charge in [-0.2, -0.15) is 0 Å². The maximum absolute atomic E-state index is 13.4. The van der Waals surface area contributed by atoms with Gasteiger partial charge in [0.15, 0.2) is 11.6 Å². The van der Waals surface area contributed by atoms with E-state index in [-0.39, 0.29) is 18.0 Å². The molecular formula is C27H24O2. The van der Waals surface area contributed by atoms with Gasteiger partial charge in [0.05, 0.1) is 0 Å². The minimum absolute atomic E-state index is 0.0432. The lowest BCUT2D eigenvalue weighted by molar-refractivity contribution is 0.0998. The van der Waals surface area contributed by atoms with Gasteiger partial charge in [0.2, 0.25) is 0 Å². The zero-order chi connectivity index (χ0) is 20.2. The topological polar surface area (TPSA) is 34.1 Å². The number of ketones is 2. The quantitative estimate of drug-likeness (QED) is 0.305. The van der Waals surface area contributed by atoms with E-state index >= 15 is 0 Å². The van der Waals surface area contributed by atoms with Crippen LogP contribution in [0.25, 0.3) is 5.57 Å². The lowest BCUT2D eigenvalue weighted by Gasteiger charge is -2.14. The Kier molecular flexibility index (Phi) is 5.53. The van der Waals surface area contributed by atoms with E-state index < -0.39 is 0 Å². The van der Waals surface area contributed by atoms with E-state index in [0.29, 0.717) is 12.0 Å². The van der Waals surface area contributed by atoms with E-state index in [9.17, 15) is 9.59 Å². The van der Waals surface area contributed by atoms with Gasteiger partial charge < -0.3 is 0 Å². The summed E-state index contributed by atoms with van der Waals surface area (Å²) < 4.78 is 0. The molecule has 0 heterocycles. The van der Waals surface area contributed by atoms with Gasteiger partial charge in [0, 0.05) is 23.1 Å². The highest BCUT2D eigenvalue weighted by molar-refractivity contribution is 6.16. The average molecular weight is 380 g/mol. The first-order valence-electron chi connectivity index (χ1n) is 10.1. The molecule has 0 fully saturated rings. The Morgan fingerprint density at radius 3 is 2.24 bits per heavy atom. The second kappa shape index (κ2) is 8.40. The fourth-order valence-electron chi connectivity index (χ4n) is 4.00. The van der Waals surface area contributed by atoms with Crippen LogP contribution >= 0.6 is 0 Å². The lowest BCUT2D eigenvalue weighted by atomic mass is 9.88. The van der Waals surface area contributed by atoms with Crippen molar-refractivity contribution in [2.75, 3.05) is 0 Å². The number of hydrogen-bond acceptors (Lipinski definition) is 2. The number of carbonyl (C=O) groups excluding carboxylic acids is 2. The molecule has 4 rings (SSSR count). The molecule has 0 aromatic heterocycles. The minimum Gasteiger partial charge on any atom is -0.294 e. The number of Topliss-reactive ketones (excluding diaryl/α,β-unsaturated/α-hetero) is 2. The van der Waals surface area contributed by atoms with E-state index in [2.05, 4.69) is 0 Å². The van der Waals surface area contributed by atoms with Crippen molar-refractivity contribution in [3.8, 4) is 0 Å². The van der Waals surface area contributed by atoms with E-state index in [4.69, 9.17) is 0 Å². The van der Waals surface area contributed by atoms with Crippen LogP contribution in [0.5, 0.6) is 0 Å². The van der Waals surface area contributed by atoms with Gasteiger partial charge in [-0.3, -0.25) is 9.59 Å². The second-order valence-corrected chi connectivity index (χ2v) is 7.63. The number of hydrogen-bond donors (Lipinski definition) is 0. The van der Waals surface area contributed by atoms with Crippen molar-refractivity contribution in [2.24, 2.45) is 0 Å². The van der Waals surface area contributed by atoms with Crippen molar-refractivity contribution in [3.05, 3.63) is 112 Å². The molecule has 0 atom stereocenters. The molecule has 1 aliphatic carbocycles. The normalized spacial score (nSPS) is 15.4. The maximum Gasteiger partial charge on any atom is 0.189 e. The highest BCUT2D eigenvalue weighted by Crippen LogP contribution is 2.32. The number of allylic oxidation sites excluding steroid dienone is 2. The Morgan fingerprint density at radius 1 is 0.793 bits per heavy atom. The summed E-state index contributed by atoms with van der Waals surface area (Å²) in [5, 5.41) is 0. The van der Waals surface area contributed by atoms with Gasteiger partial charge in [0.25, 0.3) is 0 Å². The molecule has 1 aliphatic rings. The molecular weight excluding hydrogens is 356 g/mol. The number of aryl methyl sites for hydroxylation is 2. The summed E-state index contributed by atoms with van der Waals surface area (Å²) in [7, 11) is 0. The molecule has 0 amide bonds. The Hall–Kier alpha value is -3.26. The summed E-state index contributed by atoms with van der Waals surface area (Å²) in [5.41, 5.74) is 6.28. The van der Waals surface area contributed by atoms with Crippen LogP contribution < -0.4 is 0 Å². The molecule has 0 unspecified atom stereocenters. The van der Waals surface area contributed by atoms with Gasteiger partial charge in [-0.1, -0.05) is 84.4 Å². The van der Waals surface area contributed by atoms with Crippen molar-refractivity contribution in [1.82, 2.24) is 0 Å². The number of carbonyl (C=O) groups is 2. The molecule has 0 saturated carbocycles. The zero-order valence-corrected chi connectivity index (χ0v) is 16.7. The standard InChI is InChI=1S/C27H24O2/c1-19-14-16-22(17-15-19)26(28)18-25(21-8-3-2-4-9-21)24-13-7-11-20-10-5-6-12-23(20)27(24)29/h2-6,8-10,12,14-17H,7,11,13,18H2,1H3/b25-24+. The summed E-state index contributed by atoms with van der Waals surface area (Å²) in [6, 6.07) is 25.4. The molecule has 0 N–H and O–H groups in total. The van der Waals surface area contributed by atoms with Crippen LogP contribution in [0.3, 0.4) is 0 Å². The first-order valence-corrected chi connectivity index (χ1v) is 10.1. The van der Waals surface area contributed by atoms with Crippen LogP contribution in [0.2, 0.25) is 0 Å². The number of fused-ring (bicyclic) bond motifs is 1. The van der Waals surface area contributed by atoms with Crippen LogP contribution in [-0.4, -0.2) is 11.6 Å². The second-order valence-electron chi connectivity index (χ2n) is 7.63. The van der Waals surface area contributed by atoms with Crippen molar-refractivity contribution in [2.45, 2.75) is 32.6 Å². The van der Waals surface area contributed by atoms with Gasteiger partial charge in [-0.05, 0) is 42.9 Å². The smallest absolute Gasteiger partial charge is 0.189 e. The van der Waals surface area contributed by atoms with Crippen LogP contribution in [0.15, 0.2) is 84.4 Å². The summed E-state index contributed by atoms with van der Waals surface area (Å²) in [5.74, 6) is 0.107. The lowest BCUT2D eigenvalue weighted by Crippen LogP contribution is -2.09. The largest absolute Gasteiger partial charge is 0.294 e. The molecule has 0 radical (unpaired) electrons. The predicted molar refractivity (Wildman–Crippen MR) is 117 cm³/mol. The molecule has 3 aromatic rings. The minimum atomic E-state index is 0.0432. The molecule has 0 spiro atoms. The Balaban J connectivity index is 1.79. The molecule has 0 bridgehead atoms.